The maximum atomic E-state index is 12.4. The molecular weight excluding hydrogens is 470 g/mol. The Morgan fingerprint density at radius 1 is 0.941 bits per heavy atom. The first-order chi connectivity index (χ1) is 16.4. The second-order valence-corrected chi connectivity index (χ2v) is 10.5. The third-order valence-corrected chi connectivity index (χ3v) is 8.02. The lowest BCUT2D eigenvalue weighted by Crippen LogP contribution is -2.42. The molecule has 0 bridgehead atoms. The summed E-state index contributed by atoms with van der Waals surface area (Å²) < 4.78 is 27.3. The fourth-order valence-electron chi connectivity index (χ4n) is 3.43. The Morgan fingerprint density at radius 3 is 2.44 bits per heavy atom. The van der Waals surface area contributed by atoms with E-state index in [2.05, 4.69) is 21.1 Å². The number of carboxylic acid groups (broad SMARTS) is 1. The minimum Gasteiger partial charge on any atom is -0.480 e. The number of anilines is 1. The highest BCUT2D eigenvalue weighted by molar-refractivity contribution is 7.91. The molecule has 0 fully saturated rings. The highest BCUT2D eigenvalue weighted by Gasteiger charge is 2.26. The third kappa shape index (κ3) is 6.07. The van der Waals surface area contributed by atoms with E-state index in [-0.39, 0.29) is 10.6 Å². The molecule has 0 saturated carbocycles. The quantitative estimate of drug-likeness (QED) is 0.302. The van der Waals surface area contributed by atoms with Gasteiger partial charge in [0.15, 0.2) is 0 Å². The van der Waals surface area contributed by atoms with Gasteiger partial charge in [0.1, 0.15) is 16.1 Å². The number of benzene rings is 2. The fourth-order valence-corrected chi connectivity index (χ4v) is 5.63. The van der Waals surface area contributed by atoms with Gasteiger partial charge in [-0.25, -0.2) is 13.4 Å². The van der Waals surface area contributed by atoms with Gasteiger partial charge in [-0.2, -0.15) is 4.72 Å². The van der Waals surface area contributed by atoms with E-state index in [1.165, 1.54) is 6.07 Å². The van der Waals surface area contributed by atoms with Crippen LogP contribution in [0.4, 0.5) is 5.82 Å². The van der Waals surface area contributed by atoms with Crippen molar-refractivity contribution in [1.29, 1.82) is 0 Å². The molecule has 2 heterocycles. The average molecular weight is 494 g/mol. The Hall–Kier alpha value is -3.53. The number of aromatic nitrogens is 1. The van der Waals surface area contributed by atoms with Gasteiger partial charge < -0.3 is 10.4 Å². The number of sulfonamides is 1. The van der Waals surface area contributed by atoms with Crippen molar-refractivity contribution in [3.05, 3.63) is 102 Å². The minimum atomic E-state index is -3.89. The first-order valence-corrected chi connectivity index (χ1v) is 12.9. The summed E-state index contributed by atoms with van der Waals surface area (Å²) in [6, 6.07) is 23.1. The third-order valence-electron chi connectivity index (χ3n) is 5.15. The lowest BCUT2D eigenvalue weighted by atomic mass is 9.99. The lowest BCUT2D eigenvalue weighted by molar-refractivity contribution is -0.138. The monoisotopic (exact) mass is 493 g/mol. The highest BCUT2D eigenvalue weighted by atomic mass is 32.2. The van der Waals surface area contributed by atoms with Gasteiger partial charge in [0.05, 0.1) is 0 Å². The number of rotatable bonds is 10. The van der Waals surface area contributed by atoms with E-state index < -0.39 is 22.0 Å². The molecule has 0 saturated heterocycles. The SMILES string of the molecule is O=C(O)C(Cc1ccc(-c2cccc(CNc3ccccn3)c2)cc1)NS(=O)(=O)c1cccs1. The van der Waals surface area contributed by atoms with Crippen LogP contribution >= 0.6 is 11.3 Å². The number of carbonyl (C=O) groups is 1. The van der Waals surface area contributed by atoms with Gasteiger partial charge in [-0.05, 0) is 58.3 Å². The van der Waals surface area contributed by atoms with Gasteiger partial charge in [-0.15, -0.1) is 11.3 Å². The summed E-state index contributed by atoms with van der Waals surface area (Å²) in [7, 11) is -3.89. The molecule has 4 aromatic rings. The van der Waals surface area contributed by atoms with Crippen LogP contribution < -0.4 is 10.0 Å². The summed E-state index contributed by atoms with van der Waals surface area (Å²) in [5, 5.41) is 14.5. The van der Waals surface area contributed by atoms with Gasteiger partial charge in [-0.3, -0.25) is 4.79 Å². The van der Waals surface area contributed by atoms with Crippen LogP contribution in [-0.4, -0.2) is 30.5 Å². The first-order valence-electron chi connectivity index (χ1n) is 10.5. The standard InChI is InChI=1S/C25H23N3O4S2/c29-25(30)22(28-34(31,32)24-8-4-14-33-24)16-18-9-11-20(12-10-18)21-6-3-5-19(15-21)17-27-23-7-1-2-13-26-23/h1-15,22,28H,16-17H2,(H,26,27)(H,29,30). The van der Waals surface area contributed by atoms with Gasteiger partial charge in [0.2, 0.25) is 0 Å². The molecular formula is C25H23N3O4S2. The summed E-state index contributed by atoms with van der Waals surface area (Å²) in [4.78, 5) is 16.0. The van der Waals surface area contributed by atoms with Crippen molar-refractivity contribution in [2.75, 3.05) is 5.32 Å². The molecule has 0 aliphatic carbocycles. The molecule has 2 aromatic carbocycles. The molecule has 1 unspecified atom stereocenters. The Kier molecular flexibility index (Phi) is 7.36. The van der Waals surface area contributed by atoms with E-state index in [4.69, 9.17) is 0 Å². The summed E-state index contributed by atoms with van der Waals surface area (Å²) in [5.74, 6) is -0.419. The molecule has 7 nitrogen and oxygen atoms in total. The minimum absolute atomic E-state index is 0.0360. The van der Waals surface area contributed by atoms with Crippen LogP contribution in [-0.2, 0) is 27.8 Å². The van der Waals surface area contributed by atoms with Crippen molar-refractivity contribution in [3.8, 4) is 11.1 Å². The van der Waals surface area contributed by atoms with Crippen molar-refractivity contribution in [2.24, 2.45) is 0 Å². The Bertz CT molecular complexity index is 1340. The predicted molar refractivity (Wildman–Crippen MR) is 133 cm³/mol. The molecule has 1 atom stereocenters. The van der Waals surface area contributed by atoms with E-state index in [9.17, 15) is 18.3 Å². The molecule has 0 amide bonds. The molecule has 0 radical (unpaired) electrons. The van der Waals surface area contributed by atoms with Crippen molar-refractivity contribution < 1.29 is 18.3 Å². The topological polar surface area (TPSA) is 108 Å². The number of carboxylic acids is 1. The van der Waals surface area contributed by atoms with Crippen molar-refractivity contribution >= 4 is 33.1 Å². The van der Waals surface area contributed by atoms with E-state index in [0.717, 1.165) is 39.4 Å². The van der Waals surface area contributed by atoms with Crippen molar-refractivity contribution in [2.45, 2.75) is 23.2 Å². The average Bonchev–Trinajstić information content (AvgIpc) is 3.40. The molecule has 0 aliphatic heterocycles. The van der Waals surface area contributed by atoms with Crippen LogP contribution in [0.15, 0.2) is 94.6 Å². The van der Waals surface area contributed by atoms with Crippen LogP contribution in [0.3, 0.4) is 0 Å². The second kappa shape index (κ2) is 10.6. The lowest BCUT2D eigenvalue weighted by Gasteiger charge is -2.14. The Labute approximate surface area is 202 Å². The summed E-state index contributed by atoms with van der Waals surface area (Å²) in [6.07, 6.45) is 1.77. The van der Waals surface area contributed by atoms with Crippen molar-refractivity contribution in [1.82, 2.24) is 9.71 Å². The van der Waals surface area contributed by atoms with Crippen LogP contribution in [0.25, 0.3) is 11.1 Å². The predicted octanol–water partition coefficient (Wildman–Crippen LogP) is 4.40. The molecule has 2 aromatic heterocycles. The zero-order chi connectivity index (χ0) is 24.0. The largest absolute Gasteiger partial charge is 0.480 e. The number of nitrogens with zero attached hydrogens (tertiary/aromatic N) is 1. The van der Waals surface area contributed by atoms with Gasteiger partial charge >= 0.3 is 5.97 Å². The van der Waals surface area contributed by atoms with Crippen LogP contribution in [0, 0.1) is 0 Å². The van der Waals surface area contributed by atoms with Gasteiger partial charge in [0, 0.05) is 12.7 Å². The molecule has 0 spiro atoms. The van der Waals surface area contributed by atoms with Crippen LogP contribution in [0.1, 0.15) is 11.1 Å². The molecule has 4 rings (SSSR count). The molecule has 174 valence electrons. The Morgan fingerprint density at radius 2 is 1.76 bits per heavy atom. The first kappa shape index (κ1) is 23.6. The van der Waals surface area contributed by atoms with Gasteiger partial charge in [0.25, 0.3) is 10.0 Å². The summed E-state index contributed by atoms with van der Waals surface area (Å²) >= 11 is 1.04. The molecule has 0 aliphatic rings. The zero-order valence-corrected chi connectivity index (χ0v) is 19.7. The van der Waals surface area contributed by atoms with Gasteiger partial charge in [-0.1, -0.05) is 54.6 Å². The number of nitrogens with one attached hydrogen (secondary N) is 2. The Balaban J connectivity index is 1.43. The maximum Gasteiger partial charge on any atom is 0.322 e. The van der Waals surface area contributed by atoms with E-state index in [1.807, 2.05) is 60.7 Å². The highest BCUT2D eigenvalue weighted by Crippen LogP contribution is 2.22. The summed E-state index contributed by atoms with van der Waals surface area (Å²) in [6.45, 7) is 0.633. The van der Waals surface area contributed by atoms with E-state index >= 15 is 0 Å². The number of thiophene rings is 1. The molecule has 34 heavy (non-hydrogen) atoms. The van der Waals surface area contributed by atoms with Crippen LogP contribution in [0.2, 0.25) is 0 Å². The number of aliphatic carboxylic acids is 1. The number of hydrogen-bond donors (Lipinski definition) is 3. The molecule has 3 N–H and O–H groups in total. The van der Waals surface area contributed by atoms with E-state index in [1.54, 1.807) is 17.6 Å². The molecule has 9 heteroatoms. The maximum absolute atomic E-state index is 12.4. The van der Waals surface area contributed by atoms with Crippen LogP contribution in [0.5, 0.6) is 0 Å². The fraction of sp³-hybridized carbons (Fsp3) is 0.120. The number of pyridine rings is 1. The zero-order valence-electron chi connectivity index (χ0n) is 18.1. The number of hydrogen-bond acceptors (Lipinski definition) is 6. The smallest absolute Gasteiger partial charge is 0.322 e. The summed E-state index contributed by atoms with van der Waals surface area (Å²) in [5.41, 5.74) is 3.83. The normalized spacial score (nSPS) is 12.2. The van der Waals surface area contributed by atoms with Crippen molar-refractivity contribution in [3.63, 3.8) is 0 Å². The second-order valence-electron chi connectivity index (χ2n) is 7.61. The van der Waals surface area contributed by atoms with E-state index in [0.29, 0.717) is 6.54 Å².